The summed E-state index contributed by atoms with van der Waals surface area (Å²) in [5.41, 5.74) is 0.977. The zero-order valence-corrected chi connectivity index (χ0v) is 17.5. The van der Waals surface area contributed by atoms with E-state index in [1.54, 1.807) is 30.1 Å². The van der Waals surface area contributed by atoms with Gasteiger partial charge in [-0.25, -0.2) is 0 Å². The Hall–Kier alpha value is -2.61. The van der Waals surface area contributed by atoms with E-state index < -0.39 is 0 Å². The van der Waals surface area contributed by atoms with Crippen molar-refractivity contribution < 1.29 is 23.9 Å². The van der Waals surface area contributed by atoms with Crippen LogP contribution in [-0.2, 0) is 14.3 Å². The molecule has 2 heterocycles. The van der Waals surface area contributed by atoms with Crippen molar-refractivity contribution in [1.82, 2.24) is 10.2 Å². The smallest absolute Gasteiger partial charge is 0.257 e. The Balaban J connectivity index is 1.43. The van der Waals surface area contributed by atoms with Gasteiger partial charge >= 0.3 is 0 Å². The van der Waals surface area contributed by atoms with E-state index >= 15 is 0 Å². The molecule has 1 saturated heterocycles. The lowest BCUT2D eigenvalue weighted by molar-refractivity contribution is -0.134. The van der Waals surface area contributed by atoms with Gasteiger partial charge in [-0.05, 0) is 49.8 Å². The van der Waals surface area contributed by atoms with Gasteiger partial charge in [0.15, 0.2) is 0 Å². The van der Waals surface area contributed by atoms with Crippen LogP contribution in [0, 0.1) is 5.92 Å². The van der Waals surface area contributed by atoms with E-state index in [9.17, 15) is 14.4 Å². The Kier molecular flexibility index (Phi) is 5.94. The first kappa shape index (κ1) is 20.7. The standard InChI is InChI=1S/C22H29N3O5/c1-13(26)24-15-5-8-19-17(9-15)22(28)25(2)18-7-6-16(30-20(18)12-29-19)10-21(27)23-11-14-3-4-14/h5,8-9,14,16,18,20H,3-4,6-7,10-12H2,1-2H3,(H,23,27)(H,24,26)/t16-,18+,20+/m1/s1. The zero-order valence-electron chi connectivity index (χ0n) is 17.5. The molecule has 3 amide bonds. The summed E-state index contributed by atoms with van der Waals surface area (Å²) in [4.78, 5) is 38.3. The quantitative estimate of drug-likeness (QED) is 0.766. The summed E-state index contributed by atoms with van der Waals surface area (Å²) < 4.78 is 12.1. The minimum absolute atomic E-state index is 0.0254. The molecule has 1 aromatic rings. The molecule has 8 heteroatoms. The summed E-state index contributed by atoms with van der Waals surface area (Å²) in [6, 6.07) is 4.92. The maximum absolute atomic E-state index is 13.1. The summed E-state index contributed by atoms with van der Waals surface area (Å²) in [6.07, 6.45) is 3.75. The number of carbonyl (C=O) groups is 3. The fraction of sp³-hybridized carbons (Fsp3) is 0.591. The second-order valence-electron chi connectivity index (χ2n) is 8.51. The van der Waals surface area contributed by atoms with Gasteiger partial charge in [-0.3, -0.25) is 14.4 Å². The van der Waals surface area contributed by atoms with Crippen LogP contribution >= 0.6 is 0 Å². The lowest BCUT2D eigenvalue weighted by atomic mass is 9.94. The predicted octanol–water partition coefficient (Wildman–Crippen LogP) is 1.94. The van der Waals surface area contributed by atoms with Gasteiger partial charge in [-0.2, -0.15) is 0 Å². The third kappa shape index (κ3) is 4.75. The number of carbonyl (C=O) groups excluding carboxylic acids is 3. The summed E-state index contributed by atoms with van der Waals surface area (Å²) in [5.74, 6) is 0.770. The summed E-state index contributed by atoms with van der Waals surface area (Å²) >= 11 is 0. The molecule has 162 valence electrons. The highest BCUT2D eigenvalue weighted by molar-refractivity contribution is 5.99. The van der Waals surface area contributed by atoms with Crippen molar-refractivity contribution in [2.75, 3.05) is 25.5 Å². The molecule has 0 bridgehead atoms. The molecule has 2 aliphatic heterocycles. The highest BCUT2D eigenvalue weighted by Crippen LogP contribution is 2.32. The molecule has 0 radical (unpaired) electrons. The highest BCUT2D eigenvalue weighted by Gasteiger charge is 2.39. The summed E-state index contributed by atoms with van der Waals surface area (Å²) in [5, 5.41) is 5.69. The second-order valence-corrected chi connectivity index (χ2v) is 8.51. The van der Waals surface area contributed by atoms with Crippen LogP contribution in [0.4, 0.5) is 5.69 Å². The third-order valence-electron chi connectivity index (χ3n) is 6.03. The van der Waals surface area contributed by atoms with E-state index in [2.05, 4.69) is 10.6 Å². The van der Waals surface area contributed by atoms with Crippen LogP contribution in [0.25, 0.3) is 0 Å². The molecule has 0 unspecified atom stereocenters. The molecule has 8 nitrogen and oxygen atoms in total. The first-order valence-corrected chi connectivity index (χ1v) is 10.6. The SMILES string of the molecule is CC(=O)Nc1ccc2c(c1)C(=O)N(C)[C@H]1CC[C@H](CC(=O)NCC3CC3)O[C@H]1CO2. The Bertz CT molecular complexity index is 838. The zero-order chi connectivity index (χ0) is 21.3. The van der Waals surface area contributed by atoms with Crippen LogP contribution in [-0.4, -0.2) is 61.1 Å². The van der Waals surface area contributed by atoms with Crippen molar-refractivity contribution in [2.24, 2.45) is 5.92 Å². The number of benzene rings is 1. The first-order chi connectivity index (χ1) is 14.4. The Labute approximate surface area is 176 Å². The molecule has 1 aliphatic carbocycles. The average Bonchev–Trinajstić information content (AvgIpc) is 3.54. The highest BCUT2D eigenvalue weighted by atomic mass is 16.5. The van der Waals surface area contributed by atoms with Crippen molar-refractivity contribution >= 4 is 23.4 Å². The minimum atomic E-state index is -0.294. The summed E-state index contributed by atoms with van der Waals surface area (Å²) in [7, 11) is 1.77. The maximum atomic E-state index is 13.1. The van der Waals surface area contributed by atoms with Gasteiger partial charge in [0.2, 0.25) is 11.8 Å². The number of hydrogen-bond acceptors (Lipinski definition) is 5. The van der Waals surface area contributed by atoms with E-state index in [0.29, 0.717) is 42.4 Å². The number of rotatable bonds is 5. The topological polar surface area (TPSA) is 97.0 Å². The van der Waals surface area contributed by atoms with Crippen molar-refractivity contribution in [3.63, 3.8) is 0 Å². The predicted molar refractivity (Wildman–Crippen MR) is 110 cm³/mol. The van der Waals surface area contributed by atoms with Crippen LogP contribution in [0.2, 0.25) is 0 Å². The molecular weight excluding hydrogens is 386 g/mol. The van der Waals surface area contributed by atoms with Gasteiger partial charge in [-0.15, -0.1) is 0 Å². The number of fused-ring (bicyclic) bond motifs is 2. The van der Waals surface area contributed by atoms with Crippen molar-refractivity contribution in [2.45, 2.75) is 57.3 Å². The number of ether oxygens (including phenoxy) is 2. The molecular formula is C22H29N3O5. The third-order valence-corrected chi connectivity index (χ3v) is 6.03. The fourth-order valence-electron chi connectivity index (χ4n) is 4.17. The number of likely N-dealkylation sites (N-methyl/N-ethyl adjacent to an activating group) is 1. The number of nitrogens with one attached hydrogen (secondary N) is 2. The minimum Gasteiger partial charge on any atom is -0.490 e. The van der Waals surface area contributed by atoms with Crippen LogP contribution in [0.3, 0.4) is 0 Å². The van der Waals surface area contributed by atoms with Gasteiger partial charge in [-0.1, -0.05) is 0 Å². The molecule has 30 heavy (non-hydrogen) atoms. The number of amides is 3. The van der Waals surface area contributed by atoms with Crippen LogP contribution in [0.5, 0.6) is 5.75 Å². The maximum Gasteiger partial charge on any atom is 0.257 e. The molecule has 4 rings (SSSR count). The molecule has 2 N–H and O–H groups in total. The van der Waals surface area contributed by atoms with Crippen molar-refractivity contribution in [3.8, 4) is 5.75 Å². The molecule has 3 atom stereocenters. The van der Waals surface area contributed by atoms with E-state index in [1.807, 2.05) is 0 Å². The lowest BCUT2D eigenvalue weighted by Gasteiger charge is -2.42. The molecule has 2 fully saturated rings. The monoisotopic (exact) mass is 415 g/mol. The second kappa shape index (κ2) is 8.63. The number of anilines is 1. The van der Waals surface area contributed by atoms with Crippen LogP contribution in [0.1, 0.15) is 49.4 Å². The van der Waals surface area contributed by atoms with Gasteiger partial charge < -0.3 is 25.0 Å². The van der Waals surface area contributed by atoms with Crippen LogP contribution in [0.15, 0.2) is 18.2 Å². The molecule has 0 spiro atoms. The fourth-order valence-corrected chi connectivity index (χ4v) is 4.17. The summed E-state index contributed by atoms with van der Waals surface area (Å²) in [6.45, 7) is 2.48. The molecule has 1 saturated carbocycles. The van der Waals surface area contributed by atoms with Gasteiger partial charge in [0.05, 0.1) is 24.1 Å². The van der Waals surface area contributed by atoms with E-state index in [1.165, 1.54) is 19.8 Å². The van der Waals surface area contributed by atoms with Gasteiger partial charge in [0.1, 0.15) is 18.5 Å². The number of hydrogen-bond donors (Lipinski definition) is 2. The Morgan fingerprint density at radius 3 is 2.73 bits per heavy atom. The molecule has 3 aliphatic rings. The Morgan fingerprint density at radius 2 is 2.00 bits per heavy atom. The van der Waals surface area contributed by atoms with E-state index in [0.717, 1.165) is 13.0 Å². The van der Waals surface area contributed by atoms with Crippen LogP contribution < -0.4 is 15.4 Å². The van der Waals surface area contributed by atoms with Crippen molar-refractivity contribution in [3.05, 3.63) is 23.8 Å². The molecule has 0 aromatic heterocycles. The largest absolute Gasteiger partial charge is 0.490 e. The normalized spacial score (nSPS) is 25.9. The Morgan fingerprint density at radius 1 is 1.20 bits per heavy atom. The van der Waals surface area contributed by atoms with E-state index in [-0.39, 0.29) is 36.0 Å². The lowest BCUT2D eigenvalue weighted by Crippen LogP contribution is -2.54. The van der Waals surface area contributed by atoms with Gasteiger partial charge in [0, 0.05) is 26.2 Å². The first-order valence-electron chi connectivity index (χ1n) is 10.6. The average molecular weight is 415 g/mol. The number of nitrogens with zero attached hydrogens (tertiary/aromatic N) is 1. The van der Waals surface area contributed by atoms with Crippen molar-refractivity contribution in [1.29, 1.82) is 0 Å². The van der Waals surface area contributed by atoms with E-state index in [4.69, 9.17) is 9.47 Å². The molecule has 1 aromatic carbocycles. The van der Waals surface area contributed by atoms with Gasteiger partial charge in [0.25, 0.3) is 5.91 Å².